The van der Waals surface area contributed by atoms with Crippen LogP contribution >= 0.6 is 10.7 Å². The molecule has 0 bridgehead atoms. The summed E-state index contributed by atoms with van der Waals surface area (Å²) < 4.78 is 28.9. The predicted octanol–water partition coefficient (Wildman–Crippen LogP) is 4.23. The molecular weight excluding hydrogens is 310 g/mol. The van der Waals surface area contributed by atoms with Crippen LogP contribution in [0.2, 0.25) is 0 Å². The van der Waals surface area contributed by atoms with Crippen LogP contribution < -0.4 is 4.74 Å². The first-order valence-corrected chi connectivity index (χ1v) is 8.78. The Morgan fingerprint density at radius 3 is 2.57 bits per heavy atom. The van der Waals surface area contributed by atoms with E-state index in [4.69, 9.17) is 15.4 Å². The average molecular weight is 326 g/mol. The van der Waals surface area contributed by atoms with Crippen molar-refractivity contribution in [1.29, 1.82) is 0 Å². The number of aryl methyl sites for hydroxylation is 1. The molecule has 0 saturated carbocycles. The summed E-state index contributed by atoms with van der Waals surface area (Å²) in [6.45, 7) is 6.01. The Balaban J connectivity index is 2.51. The third-order valence-electron chi connectivity index (χ3n) is 3.00. The molecule has 0 aliphatic carbocycles. The molecule has 0 unspecified atom stereocenters. The van der Waals surface area contributed by atoms with Gasteiger partial charge in [0.05, 0.1) is 0 Å². The second-order valence-electron chi connectivity index (χ2n) is 5.04. The summed E-state index contributed by atoms with van der Waals surface area (Å²) in [5, 5.41) is 0. The summed E-state index contributed by atoms with van der Waals surface area (Å²) in [5.41, 5.74) is 1.99. The van der Waals surface area contributed by atoms with Crippen LogP contribution in [0.3, 0.4) is 0 Å². The number of hydrogen-bond acceptors (Lipinski definition) is 4. The molecule has 0 aliphatic rings. The van der Waals surface area contributed by atoms with Crippen LogP contribution in [-0.2, 0) is 9.05 Å². The summed E-state index contributed by atoms with van der Waals surface area (Å²) in [7, 11) is 1.50. The van der Waals surface area contributed by atoms with Gasteiger partial charge in [0, 0.05) is 16.9 Å². The summed E-state index contributed by atoms with van der Waals surface area (Å²) in [6.07, 6.45) is 1.46. The molecule has 1 aromatic heterocycles. The molecule has 0 aliphatic heterocycles. The van der Waals surface area contributed by atoms with Gasteiger partial charge in [0.25, 0.3) is 9.05 Å². The molecule has 2 aromatic rings. The summed E-state index contributed by atoms with van der Waals surface area (Å²) in [5.74, 6) is 0.811. The quantitative estimate of drug-likeness (QED) is 0.789. The van der Waals surface area contributed by atoms with Crippen LogP contribution in [0.15, 0.2) is 41.4 Å². The summed E-state index contributed by atoms with van der Waals surface area (Å²) in [4.78, 5) is 3.85. The zero-order valence-electron chi connectivity index (χ0n) is 12.0. The van der Waals surface area contributed by atoms with Crippen molar-refractivity contribution in [1.82, 2.24) is 4.98 Å². The van der Waals surface area contributed by atoms with Gasteiger partial charge in [0.15, 0.2) is 0 Å². The topological polar surface area (TPSA) is 56.3 Å². The highest BCUT2D eigenvalue weighted by Gasteiger charge is 2.19. The van der Waals surface area contributed by atoms with Crippen molar-refractivity contribution in [2.45, 2.75) is 31.6 Å². The Hall–Kier alpha value is -1.59. The Morgan fingerprint density at radius 2 is 1.95 bits per heavy atom. The van der Waals surface area contributed by atoms with E-state index in [0.29, 0.717) is 5.75 Å². The molecule has 112 valence electrons. The van der Waals surface area contributed by atoms with Crippen LogP contribution in [0.25, 0.3) is 0 Å². The molecule has 0 amide bonds. The molecule has 1 aromatic carbocycles. The van der Waals surface area contributed by atoms with Gasteiger partial charge >= 0.3 is 0 Å². The molecule has 0 fully saturated rings. The Morgan fingerprint density at radius 1 is 1.24 bits per heavy atom. The fourth-order valence-corrected chi connectivity index (χ4v) is 2.85. The van der Waals surface area contributed by atoms with E-state index < -0.39 is 9.05 Å². The Kier molecular flexibility index (Phi) is 4.54. The summed E-state index contributed by atoms with van der Waals surface area (Å²) >= 11 is 0. The fourth-order valence-electron chi connectivity index (χ4n) is 1.95. The second kappa shape index (κ2) is 6.03. The van der Waals surface area contributed by atoms with Crippen molar-refractivity contribution < 1.29 is 13.2 Å². The normalized spacial score (nSPS) is 11.7. The molecule has 0 radical (unpaired) electrons. The number of nitrogens with zero attached hydrogens (tertiary/aromatic N) is 1. The van der Waals surface area contributed by atoms with Gasteiger partial charge in [-0.3, -0.25) is 0 Å². The smallest absolute Gasteiger partial charge is 0.266 e. The van der Waals surface area contributed by atoms with Gasteiger partial charge in [-0.15, -0.1) is 0 Å². The second-order valence-corrected chi connectivity index (χ2v) is 7.58. The first kappa shape index (κ1) is 15.8. The minimum absolute atomic E-state index is 0.0139. The lowest BCUT2D eigenvalue weighted by atomic mass is 10.0. The van der Waals surface area contributed by atoms with Gasteiger partial charge in [0.2, 0.25) is 5.88 Å². The lowest BCUT2D eigenvalue weighted by Gasteiger charge is -2.15. The van der Waals surface area contributed by atoms with Crippen LogP contribution in [0.4, 0.5) is 0 Å². The number of rotatable bonds is 4. The standard InChI is InChI=1S/C15H16ClNO3S/c1-10(2)12-7-6-11(3)9-13(12)20-15-14(21(16,18)19)5-4-8-17-15/h4-10H,1-3H3. The van der Waals surface area contributed by atoms with E-state index in [0.717, 1.165) is 11.1 Å². The van der Waals surface area contributed by atoms with E-state index in [2.05, 4.69) is 4.98 Å². The van der Waals surface area contributed by atoms with E-state index in [1.54, 1.807) is 0 Å². The van der Waals surface area contributed by atoms with Gasteiger partial charge in [0.1, 0.15) is 10.6 Å². The van der Waals surface area contributed by atoms with E-state index in [1.165, 1.54) is 18.3 Å². The van der Waals surface area contributed by atoms with Gasteiger partial charge in [-0.25, -0.2) is 13.4 Å². The maximum Gasteiger partial charge on any atom is 0.266 e. The third-order valence-corrected chi connectivity index (χ3v) is 4.33. The van der Waals surface area contributed by atoms with Gasteiger partial charge in [-0.2, -0.15) is 0 Å². The molecule has 0 saturated heterocycles. The molecule has 0 spiro atoms. The average Bonchev–Trinajstić information content (AvgIpc) is 2.37. The molecule has 21 heavy (non-hydrogen) atoms. The van der Waals surface area contributed by atoms with E-state index in [-0.39, 0.29) is 16.7 Å². The fraction of sp³-hybridized carbons (Fsp3) is 0.267. The van der Waals surface area contributed by atoms with Crippen molar-refractivity contribution in [3.8, 4) is 11.6 Å². The molecule has 4 nitrogen and oxygen atoms in total. The van der Waals surface area contributed by atoms with Crippen LogP contribution in [0.5, 0.6) is 11.6 Å². The minimum Gasteiger partial charge on any atom is -0.437 e. The van der Waals surface area contributed by atoms with Gasteiger partial charge < -0.3 is 4.74 Å². The van der Waals surface area contributed by atoms with Crippen molar-refractivity contribution in [2.24, 2.45) is 0 Å². The Labute approximate surface area is 129 Å². The predicted molar refractivity (Wildman–Crippen MR) is 82.6 cm³/mol. The van der Waals surface area contributed by atoms with Gasteiger partial charge in [-0.1, -0.05) is 26.0 Å². The molecular formula is C15H16ClNO3S. The van der Waals surface area contributed by atoms with E-state index in [9.17, 15) is 8.42 Å². The maximum atomic E-state index is 11.6. The number of benzene rings is 1. The molecule has 1 heterocycles. The zero-order chi connectivity index (χ0) is 15.6. The lowest BCUT2D eigenvalue weighted by molar-refractivity contribution is 0.440. The van der Waals surface area contributed by atoms with Crippen LogP contribution in [0.1, 0.15) is 30.9 Å². The molecule has 2 rings (SSSR count). The van der Waals surface area contributed by atoms with Crippen molar-refractivity contribution in [3.05, 3.63) is 47.7 Å². The van der Waals surface area contributed by atoms with E-state index >= 15 is 0 Å². The van der Waals surface area contributed by atoms with Crippen molar-refractivity contribution in [3.63, 3.8) is 0 Å². The number of halogens is 1. The zero-order valence-corrected chi connectivity index (χ0v) is 13.6. The number of ether oxygens (including phenoxy) is 1. The number of hydrogen-bond donors (Lipinski definition) is 0. The first-order chi connectivity index (χ1) is 9.79. The molecule has 0 N–H and O–H groups in total. The highest BCUT2D eigenvalue weighted by molar-refractivity contribution is 8.13. The summed E-state index contributed by atoms with van der Waals surface area (Å²) in [6, 6.07) is 8.68. The lowest BCUT2D eigenvalue weighted by Crippen LogP contribution is -2.00. The minimum atomic E-state index is -3.91. The maximum absolute atomic E-state index is 11.6. The molecule has 0 atom stereocenters. The van der Waals surface area contributed by atoms with Gasteiger partial charge in [-0.05, 0) is 42.2 Å². The van der Waals surface area contributed by atoms with Crippen molar-refractivity contribution >= 4 is 19.7 Å². The highest BCUT2D eigenvalue weighted by atomic mass is 35.7. The third kappa shape index (κ3) is 3.74. The van der Waals surface area contributed by atoms with Crippen LogP contribution in [0, 0.1) is 6.92 Å². The van der Waals surface area contributed by atoms with Crippen molar-refractivity contribution in [2.75, 3.05) is 0 Å². The first-order valence-electron chi connectivity index (χ1n) is 6.47. The highest BCUT2D eigenvalue weighted by Crippen LogP contribution is 2.34. The number of aromatic nitrogens is 1. The monoisotopic (exact) mass is 325 g/mol. The van der Waals surface area contributed by atoms with E-state index in [1.807, 2.05) is 39.0 Å². The molecule has 6 heteroatoms. The Bertz CT molecular complexity index is 757. The SMILES string of the molecule is Cc1ccc(C(C)C)c(Oc2ncccc2S(=O)(=O)Cl)c1. The van der Waals surface area contributed by atoms with Crippen LogP contribution in [-0.4, -0.2) is 13.4 Å². The number of pyridine rings is 1. The largest absolute Gasteiger partial charge is 0.437 e.